The number of hydrogen-bond donors (Lipinski definition) is 3. The second-order valence-corrected chi connectivity index (χ2v) is 5.55. The first-order chi connectivity index (χ1) is 9.48. The molecule has 3 N–H and O–H groups in total. The van der Waals surface area contributed by atoms with Crippen molar-refractivity contribution in [3.63, 3.8) is 0 Å². The van der Waals surface area contributed by atoms with E-state index in [4.69, 9.17) is 0 Å². The number of nitrogens with one attached hydrogen (secondary N) is 2. The van der Waals surface area contributed by atoms with Crippen molar-refractivity contribution in [3.05, 3.63) is 29.6 Å². The largest absolute Gasteiger partial charge is 0.388 e. The molecule has 0 bridgehead atoms. The number of carbonyl (C=O) groups excluding carboxylic acids is 1. The fraction of sp³-hybridized carbons (Fsp3) is 0.533. The number of urea groups is 1. The molecule has 1 aliphatic carbocycles. The lowest BCUT2D eigenvalue weighted by molar-refractivity contribution is 0.00755. The lowest BCUT2D eigenvalue weighted by atomic mass is 9.85. The Morgan fingerprint density at radius 2 is 2.05 bits per heavy atom. The highest BCUT2D eigenvalue weighted by Gasteiger charge is 2.29. The molecule has 0 heterocycles. The molecule has 0 atom stereocenters. The molecule has 0 radical (unpaired) electrons. The molecule has 1 fully saturated rings. The molecule has 0 aromatic heterocycles. The van der Waals surface area contributed by atoms with Crippen LogP contribution in [0.4, 0.5) is 14.9 Å². The molecule has 5 heteroatoms. The quantitative estimate of drug-likeness (QED) is 0.797. The number of hydrogen-bond acceptors (Lipinski definition) is 2. The predicted molar refractivity (Wildman–Crippen MR) is 76.2 cm³/mol. The van der Waals surface area contributed by atoms with Crippen molar-refractivity contribution in [2.45, 2.75) is 44.6 Å². The first-order valence-corrected chi connectivity index (χ1v) is 7.02. The van der Waals surface area contributed by atoms with E-state index < -0.39 is 5.60 Å². The Morgan fingerprint density at radius 1 is 1.35 bits per heavy atom. The van der Waals surface area contributed by atoms with Crippen LogP contribution >= 0.6 is 0 Å². The van der Waals surface area contributed by atoms with E-state index in [9.17, 15) is 14.3 Å². The minimum atomic E-state index is -0.784. The van der Waals surface area contributed by atoms with E-state index >= 15 is 0 Å². The smallest absolute Gasteiger partial charge is 0.319 e. The van der Waals surface area contributed by atoms with E-state index in [0.717, 1.165) is 32.1 Å². The van der Waals surface area contributed by atoms with Crippen LogP contribution in [0.15, 0.2) is 18.2 Å². The molecule has 0 saturated heterocycles. The van der Waals surface area contributed by atoms with Crippen LogP contribution in [-0.2, 0) is 0 Å². The number of carbonyl (C=O) groups is 1. The minimum Gasteiger partial charge on any atom is -0.388 e. The van der Waals surface area contributed by atoms with Gasteiger partial charge in [0, 0.05) is 12.2 Å². The maximum Gasteiger partial charge on any atom is 0.319 e. The number of rotatable bonds is 3. The average molecular weight is 280 g/mol. The zero-order valence-electron chi connectivity index (χ0n) is 11.7. The Bertz CT molecular complexity index is 485. The van der Waals surface area contributed by atoms with Gasteiger partial charge < -0.3 is 15.7 Å². The molecule has 1 aromatic rings. The molecule has 20 heavy (non-hydrogen) atoms. The van der Waals surface area contributed by atoms with Crippen LogP contribution in [-0.4, -0.2) is 23.3 Å². The summed E-state index contributed by atoms with van der Waals surface area (Å²) >= 11 is 0. The summed E-state index contributed by atoms with van der Waals surface area (Å²) in [7, 11) is 0. The van der Waals surface area contributed by atoms with E-state index in [1.54, 1.807) is 6.92 Å². The van der Waals surface area contributed by atoms with Gasteiger partial charge in [0.15, 0.2) is 0 Å². The molecule has 0 aliphatic heterocycles. The predicted octanol–water partition coefficient (Wildman–Crippen LogP) is 2.95. The fourth-order valence-electron chi connectivity index (χ4n) is 2.57. The Morgan fingerprint density at radius 3 is 2.70 bits per heavy atom. The van der Waals surface area contributed by atoms with Crippen molar-refractivity contribution >= 4 is 11.7 Å². The monoisotopic (exact) mass is 280 g/mol. The highest BCUT2D eigenvalue weighted by Crippen LogP contribution is 2.27. The van der Waals surface area contributed by atoms with Gasteiger partial charge >= 0.3 is 6.03 Å². The summed E-state index contributed by atoms with van der Waals surface area (Å²) in [5.74, 6) is -0.329. The maximum absolute atomic E-state index is 13.0. The standard InChI is InChI=1S/C15H21FN2O2/c1-11-9-12(16)5-6-13(11)18-14(19)17-10-15(20)7-3-2-4-8-15/h5-6,9,20H,2-4,7-8,10H2,1H3,(H2,17,18,19). The molecule has 2 amide bonds. The second-order valence-electron chi connectivity index (χ2n) is 5.55. The molecule has 0 unspecified atom stereocenters. The highest BCUT2D eigenvalue weighted by atomic mass is 19.1. The summed E-state index contributed by atoms with van der Waals surface area (Å²) < 4.78 is 13.0. The molecule has 1 saturated carbocycles. The third kappa shape index (κ3) is 3.93. The van der Waals surface area contributed by atoms with Crippen LogP contribution < -0.4 is 10.6 Å². The van der Waals surface area contributed by atoms with Gasteiger partial charge in [-0.05, 0) is 43.5 Å². The topological polar surface area (TPSA) is 61.4 Å². The van der Waals surface area contributed by atoms with Crippen LogP contribution in [0.2, 0.25) is 0 Å². The molecule has 0 spiro atoms. The Kier molecular flexibility index (Phi) is 4.60. The Labute approximate surface area is 118 Å². The minimum absolute atomic E-state index is 0.249. The van der Waals surface area contributed by atoms with Gasteiger partial charge in [-0.3, -0.25) is 0 Å². The van der Waals surface area contributed by atoms with Gasteiger partial charge in [0.2, 0.25) is 0 Å². The summed E-state index contributed by atoms with van der Waals surface area (Å²) in [6.07, 6.45) is 4.59. The zero-order valence-corrected chi connectivity index (χ0v) is 11.7. The number of aliphatic hydroxyl groups is 1. The number of anilines is 1. The number of benzene rings is 1. The van der Waals surface area contributed by atoms with Crippen LogP contribution in [0.3, 0.4) is 0 Å². The Hall–Kier alpha value is -1.62. The highest BCUT2D eigenvalue weighted by molar-refractivity contribution is 5.90. The zero-order chi connectivity index (χ0) is 14.6. The summed E-state index contributed by atoms with van der Waals surface area (Å²) in [4.78, 5) is 11.8. The Balaban J connectivity index is 1.86. The van der Waals surface area contributed by atoms with Gasteiger partial charge in [-0.1, -0.05) is 19.3 Å². The van der Waals surface area contributed by atoms with Gasteiger partial charge in [0.1, 0.15) is 5.82 Å². The second kappa shape index (κ2) is 6.22. The molecule has 110 valence electrons. The normalized spacial score (nSPS) is 17.6. The van der Waals surface area contributed by atoms with Crippen molar-refractivity contribution in [1.82, 2.24) is 5.32 Å². The van der Waals surface area contributed by atoms with Gasteiger partial charge in [0.05, 0.1) is 5.60 Å². The van der Waals surface area contributed by atoms with E-state index in [1.165, 1.54) is 18.2 Å². The van der Waals surface area contributed by atoms with Crippen molar-refractivity contribution in [2.75, 3.05) is 11.9 Å². The van der Waals surface area contributed by atoms with Gasteiger partial charge in [-0.2, -0.15) is 0 Å². The molecular formula is C15H21FN2O2. The van der Waals surface area contributed by atoms with E-state index in [1.807, 2.05) is 0 Å². The van der Waals surface area contributed by atoms with Gasteiger partial charge in [0.25, 0.3) is 0 Å². The third-order valence-corrected chi connectivity index (χ3v) is 3.80. The van der Waals surface area contributed by atoms with Crippen molar-refractivity contribution in [3.8, 4) is 0 Å². The van der Waals surface area contributed by atoms with Crippen LogP contribution in [0.25, 0.3) is 0 Å². The van der Waals surface area contributed by atoms with Crippen molar-refractivity contribution in [2.24, 2.45) is 0 Å². The first-order valence-electron chi connectivity index (χ1n) is 7.02. The van der Waals surface area contributed by atoms with Crippen LogP contribution in [0.1, 0.15) is 37.7 Å². The molecule has 4 nitrogen and oxygen atoms in total. The lowest BCUT2D eigenvalue weighted by Crippen LogP contribution is -2.45. The number of halogens is 1. The summed E-state index contributed by atoms with van der Waals surface area (Å²) in [5, 5.41) is 15.6. The lowest BCUT2D eigenvalue weighted by Gasteiger charge is -2.32. The fourth-order valence-corrected chi connectivity index (χ4v) is 2.57. The van der Waals surface area contributed by atoms with Crippen molar-refractivity contribution < 1.29 is 14.3 Å². The van der Waals surface area contributed by atoms with E-state index in [-0.39, 0.29) is 18.4 Å². The van der Waals surface area contributed by atoms with Gasteiger partial charge in [-0.15, -0.1) is 0 Å². The number of amides is 2. The van der Waals surface area contributed by atoms with E-state index in [0.29, 0.717) is 11.3 Å². The molecule has 1 aromatic carbocycles. The van der Waals surface area contributed by atoms with E-state index in [2.05, 4.69) is 10.6 Å². The average Bonchev–Trinajstić information content (AvgIpc) is 2.41. The molecule has 1 aliphatic rings. The summed E-state index contributed by atoms with van der Waals surface area (Å²) in [5.41, 5.74) is 0.448. The molecular weight excluding hydrogens is 259 g/mol. The SMILES string of the molecule is Cc1cc(F)ccc1NC(=O)NCC1(O)CCCCC1. The van der Waals surface area contributed by atoms with Crippen LogP contribution in [0, 0.1) is 12.7 Å². The first kappa shape index (κ1) is 14.8. The van der Waals surface area contributed by atoms with Crippen LogP contribution in [0.5, 0.6) is 0 Å². The van der Waals surface area contributed by atoms with Crippen molar-refractivity contribution in [1.29, 1.82) is 0 Å². The summed E-state index contributed by atoms with van der Waals surface area (Å²) in [6.45, 7) is 1.98. The van der Waals surface area contributed by atoms with Gasteiger partial charge in [-0.25, -0.2) is 9.18 Å². The maximum atomic E-state index is 13.0. The molecule has 2 rings (SSSR count). The number of aryl methyl sites for hydroxylation is 1. The summed E-state index contributed by atoms with van der Waals surface area (Å²) in [6, 6.07) is 3.82. The third-order valence-electron chi connectivity index (χ3n) is 3.80.